The fourth-order valence-corrected chi connectivity index (χ4v) is 5.25. The molecule has 1 aliphatic rings. The molecule has 1 aliphatic carbocycles. The summed E-state index contributed by atoms with van der Waals surface area (Å²) in [7, 11) is 0. The molecule has 0 spiro atoms. The molecule has 1 saturated carbocycles. The number of hydrogen-bond acceptors (Lipinski definition) is 5. The molecule has 198 valence electrons. The Labute approximate surface area is 218 Å². The summed E-state index contributed by atoms with van der Waals surface area (Å²) < 4.78 is 0. The molecule has 0 aliphatic heterocycles. The van der Waals surface area contributed by atoms with Crippen molar-refractivity contribution in [3.63, 3.8) is 0 Å². The van der Waals surface area contributed by atoms with Crippen LogP contribution in [-0.4, -0.2) is 44.3 Å². The summed E-state index contributed by atoms with van der Waals surface area (Å²) in [5.74, 6) is -0.587. The summed E-state index contributed by atoms with van der Waals surface area (Å²) in [6.07, 6.45) is 2.59. The largest absolute Gasteiger partial charge is 0.478 e. The van der Waals surface area contributed by atoms with Gasteiger partial charge in [0.15, 0.2) is 0 Å². The maximum absolute atomic E-state index is 12.3. The number of carbonyl (C=O) groups excluding carboxylic acids is 1. The number of H-pyrrole nitrogens is 1. The van der Waals surface area contributed by atoms with E-state index in [4.69, 9.17) is 10.1 Å². The van der Waals surface area contributed by atoms with Crippen molar-refractivity contribution in [1.29, 1.82) is 0 Å². The van der Waals surface area contributed by atoms with Crippen LogP contribution in [0.3, 0.4) is 0 Å². The summed E-state index contributed by atoms with van der Waals surface area (Å²) in [5, 5.41) is 20.3. The van der Waals surface area contributed by atoms with Gasteiger partial charge in [-0.15, -0.1) is 0 Å². The number of carbonyl (C=O) groups is 2. The Morgan fingerprint density at radius 3 is 2.30 bits per heavy atom. The van der Waals surface area contributed by atoms with Gasteiger partial charge in [-0.05, 0) is 91.8 Å². The maximum atomic E-state index is 12.3. The number of imidazole rings is 1. The number of nitrogens with one attached hydrogen (secondary N) is 2. The molecule has 1 aromatic heterocycles. The fraction of sp³-hybridized carbons (Fsp3) is 0.483. The van der Waals surface area contributed by atoms with Crippen molar-refractivity contribution in [2.24, 2.45) is 11.3 Å². The highest BCUT2D eigenvalue weighted by Crippen LogP contribution is 2.40. The number of fused-ring (bicyclic) bond motifs is 1. The quantitative estimate of drug-likeness (QED) is 0.338. The third kappa shape index (κ3) is 6.13. The van der Waals surface area contributed by atoms with Crippen LogP contribution in [0.4, 0.5) is 5.95 Å². The zero-order chi connectivity index (χ0) is 26.9. The average molecular weight is 507 g/mol. The van der Waals surface area contributed by atoms with Gasteiger partial charge in [0.25, 0.3) is 5.91 Å². The Balaban J connectivity index is 1.58. The number of hydrogen-bond donors (Lipinski definition) is 4. The van der Waals surface area contributed by atoms with Crippen molar-refractivity contribution in [2.45, 2.75) is 79.1 Å². The summed E-state index contributed by atoms with van der Waals surface area (Å²) in [5.41, 5.74) is 6.02. The molecular weight excluding hydrogens is 468 g/mol. The van der Waals surface area contributed by atoms with Crippen LogP contribution in [0.1, 0.15) is 73.5 Å². The van der Waals surface area contributed by atoms with Crippen molar-refractivity contribution < 1.29 is 19.8 Å². The lowest BCUT2D eigenvalue weighted by Gasteiger charge is -2.41. The minimum Gasteiger partial charge on any atom is -0.478 e. The number of carboxylic acids is 1. The van der Waals surface area contributed by atoms with Crippen LogP contribution in [-0.2, 0) is 11.3 Å². The van der Waals surface area contributed by atoms with E-state index in [0.717, 1.165) is 35.4 Å². The first-order chi connectivity index (χ1) is 17.4. The van der Waals surface area contributed by atoms with E-state index in [1.807, 2.05) is 12.1 Å². The number of aryl methyl sites for hydroxylation is 2. The molecule has 8 nitrogen and oxygen atoms in total. The molecule has 1 fully saturated rings. The zero-order valence-electron chi connectivity index (χ0n) is 22.3. The van der Waals surface area contributed by atoms with Crippen molar-refractivity contribution in [1.82, 2.24) is 15.3 Å². The molecule has 1 amide bonds. The van der Waals surface area contributed by atoms with Crippen LogP contribution >= 0.6 is 0 Å². The molecule has 1 unspecified atom stereocenters. The molecule has 0 saturated heterocycles. The smallest absolute Gasteiger partial charge is 0.353 e. The molecule has 4 N–H and O–H groups in total. The molecule has 1 heterocycles. The second-order valence-corrected chi connectivity index (χ2v) is 11.4. The Morgan fingerprint density at radius 2 is 1.70 bits per heavy atom. The first-order valence-corrected chi connectivity index (χ1v) is 13.0. The topological polar surface area (TPSA) is 119 Å². The van der Waals surface area contributed by atoms with Crippen molar-refractivity contribution in [3.05, 3.63) is 58.7 Å². The highest BCUT2D eigenvalue weighted by Gasteiger charge is 2.33. The molecule has 0 bridgehead atoms. The summed E-state index contributed by atoms with van der Waals surface area (Å²) in [4.78, 5) is 34.0. The minimum atomic E-state index is -1.94. The summed E-state index contributed by atoms with van der Waals surface area (Å²) in [6, 6.07) is 11.7. The van der Waals surface area contributed by atoms with Gasteiger partial charge in [-0.1, -0.05) is 32.9 Å². The van der Waals surface area contributed by atoms with Crippen LogP contribution in [0, 0.1) is 25.2 Å². The van der Waals surface area contributed by atoms with Gasteiger partial charge >= 0.3 is 5.97 Å². The lowest BCUT2D eigenvalue weighted by atomic mass is 9.71. The summed E-state index contributed by atoms with van der Waals surface area (Å²) in [6.45, 7) is 11.8. The molecular formula is C29H38N4O4. The number of aliphatic hydroxyl groups excluding tert-OH is 1. The number of amides is 1. The number of nitrogens with zero attached hydrogens (tertiary/aromatic N) is 2. The second-order valence-electron chi connectivity index (χ2n) is 11.4. The van der Waals surface area contributed by atoms with Gasteiger partial charge in [0.1, 0.15) is 0 Å². The van der Waals surface area contributed by atoms with E-state index in [2.05, 4.69) is 62.0 Å². The van der Waals surface area contributed by atoms with Gasteiger partial charge in [0.05, 0.1) is 11.0 Å². The Morgan fingerprint density at radius 1 is 1.08 bits per heavy atom. The average Bonchev–Trinajstić information content (AvgIpc) is 3.24. The maximum Gasteiger partial charge on any atom is 0.353 e. The van der Waals surface area contributed by atoms with Crippen molar-refractivity contribution >= 4 is 28.9 Å². The van der Waals surface area contributed by atoms with Crippen LogP contribution in [0.15, 0.2) is 36.4 Å². The van der Waals surface area contributed by atoms with Gasteiger partial charge < -0.3 is 25.4 Å². The number of benzene rings is 2. The van der Waals surface area contributed by atoms with E-state index >= 15 is 0 Å². The number of aliphatic carboxylic acids is 1. The van der Waals surface area contributed by atoms with Crippen molar-refractivity contribution in [3.8, 4) is 0 Å². The molecule has 1 atom stereocenters. The highest BCUT2D eigenvalue weighted by atomic mass is 16.4. The standard InChI is InChI=1S/C29H38N4O4/c1-17-14-23-24(15-18(17)2)31-28(30-23)33(22-12-10-21(11-13-22)29(3,4)5)16-19-6-8-20(9-7-19)25(34)32-26(35)27(36)37/h6-9,14-15,21-22,26,35H,10-13,16H2,1-5H3,(H,30,31)(H,32,34)(H,36,37). The van der Waals surface area contributed by atoms with Gasteiger partial charge in [-0.2, -0.15) is 0 Å². The number of aromatic nitrogens is 2. The van der Waals surface area contributed by atoms with E-state index in [9.17, 15) is 14.7 Å². The molecule has 3 aromatic rings. The van der Waals surface area contributed by atoms with Crippen LogP contribution < -0.4 is 10.2 Å². The number of carboxylic acid groups (broad SMARTS) is 1. The first kappa shape index (κ1) is 26.7. The normalized spacial score (nSPS) is 19.0. The number of aromatic amines is 1. The zero-order valence-corrected chi connectivity index (χ0v) is 22.3. The van der Waals surface area contributed by atoms with Crippen LogP contribution in [0.2, 0.25) is 0 Å². The molecule has 2 aromatic carbocycles. The predicted molar refractivity (Wildman–Crippen MR) is 145 cm³/mol. The Hall–Kier alpha value is -3.39. The molecule has 0 radical (unpaired) electrons. The van der Waals surface area contributed by atoms with Gasteiger partial charge in [0.2, 0.25) is 12.2 Å². The molecule has 8 heteroatoms. The number of aliphatic hydroxyl groups is 1. The van der Waals surface area contributed by atoms with E-state index < -0.39 is 18.1 Å². The lowest BCUT2D eigenvalue weighted by Crippen LogP contribution is -2.40. The minimum absolute atomic E-state index is 0.288. The molecule has 37 heavy (non-hydrogen) atoms. The summed E-state index contributed by atoms with van der Waals surface area (Å²) >= 11 is 0. The van der Waals surface area contributed by atoms with Gasteiger partial charge in [-0.25, -0.2) is 9.78 Å². The van der Waals surface area contributed by atoms with E-state index in [1.54, 1.807) is 12.1 Å². The Kier molecular flexibility index (Phi) is 7.59. The SMILES string of the molecule is Cc1cc2nc(N(Cc3ccc(C(=O)NC(O)C(=O)O)cc3)C3CCC(C(C)(C)C)CC3)[nH]c2cc1C. The van der Waals surface area contributed by atoms with Gasteiger partial charge in [0, 0.05) is 18.2 Å². The fourth-order valence-electron chi connectivity index (χ4n) is 5.25. The molecule has 4 rings (SSSR count). The second kappa shape index (κ2) is 10.5. The predicted octanol–water partition coefficient (Wildman–Crippen LogP) is 4.92. The lowest BCUT2D eigenvalue weighted by molar-refractivity contribution is -0.147. The number of rotatable bonds is 7. The van der Waals surface area contributed by atoms with Crippen LogP contribution in [0.5, 0.6) is 0 Å². The van der Waals surface area contributed by atoms with E-state index in [1.165, 1.54) is 24.0 Å². The van der Waals surface area contributed by atoms with Crippen molar-refractivity contribution in [2.75, 3.05) is 4.90 Å². The highest BCUT2D eigenvalue weighted by molar-refractivity contribution is 5.96. The van der Waals surface area contributed by atoms with Gasteiger partial charge in [-0.3, -0.25) is 4.79 Å². The van der Waals surface area contributed by atoms with E-state index in [0.29, 0.717) is 23.9 Å². The van der Waals surface area contributed by atoms with E-state index in [-0.39, 0.29) is 5.56 Å². The van der Waals surface area contributed by atoms with Crippen LogP contribution in [0.25, 0.3) is 11.0 Å². The monoisotopic (exact) mass is 506 g/mol. The number of anilines is 1. The Bertz CT molecular complexity index is 1230. The third-order valence-corrected chi connectivity index (χ3v) is 7.79. The first-order valence-electron chi connectivity index (χ1n) is 13.0. The third-order valence-electron chi connectivity index (χ3n) is 7.79.